The summed E-state index contributed by atoms with van der Waals surface area (Å²) in [5.41, 5.74) is -0.595. The van der Waals surface area contributed by atoms with Crippen molar-refractivity contribution in [3.8, 4) is 16.9 Å². The molecule has 0 saturated carbocycles. The number of H-pyrrole nitrogens is 1. The molecule has 1 N–H and O–H groups in total. The number of benzene rings is 2. The van der Waals surface area contributed by atoms with E-state index in [1.54, 1.807) is 0 Å². The number of hydrogen-bond acceptors (Lipinski definition) is 1. The molecule has 0 spiro atoms. The van der Waals surface area contributed by atoms with Crippen LogP contribution in [0, 0.1) is 5.82 Å². The molecule has 0 saturated heterocycles. The molecule has 2 aromatic carbocycles. The second-order valence-electron chi connectivity index (χ2n) is 5.15. The van der Waals surface area contributed by atoms with E-state index >= 15 is 0 Å². The molecule has 0 fully saturated rings. The lowest BCUT2D eigenvalue weighted by Crippen LogP contribution is -2.17. The van der Waals surface area contributed by atoms with E-state index in [9.17, 15) is 30.7 Å². The van der Waals surface area contributed by atoms with Crippen molar-refractivity contribution in [3.05, 3.63) is 54.0 Å². The van der Waals surface area contributed by atoms with Gasteiger partial charge in [0.25, 0.3) is 0 Å². The molecule has 132 valence electrons. The Labute approximate surface area is 135 Å². The first-order chi connectivity index (χ1) is 11.5. The van der Waals surface area contributed by atoms with Gasteiger partial charge in [0.05, 0.1) is 5.56 Å². The van der Waals surface area contributed by atoms with Gasteiger partial charge in [-0.15, -0.1) is 13.2 Å². The van der Waals surface area contributed by atoms with Crippen LogP contribution in [0.15, 0.2) is 42.6 Å². The Balaban J connectivity index is 1.99. The maximum absolute atomic E-state index is 14.1. The fraction of sp³-hybridized carbons (Fsp3) is 0.125. The Kier molecular flexibility index (Phi) is 3.89. The number of ether oxygens (including phenoxy) is 1. The SMILES string of the molecule is Fc1cc(OC(F)(F)F)ccc1-c1ccc2c(C(F)(F)F)c[nH]c2c1. The topological polar surface area (TPSA) is 25.0 Å². The van der Waals surface area contributed by atoms with Gasteiger partial charge in [-0.1, -0.05) is 12.1 Å². The van der Waals surface area contributed by atoms with Crippen LogP contribution < -0.4 is 4.74 Å². The first kappa shape index (κ1) is 17.1. The minimum absolute atomic E-state index is 0.0698. The molecule has 0 aliphatic carbocycles. The second kappa shape index (κ2) is 5.68. The van der Waals surface area contributed by atoms with Crippen molar-refractivity contribution < 1.29 is 35.5 Å². The van der Waals surface area contributed by atoms with E-state index < -0.39 is 29.7 Å². The van der Waals surface area contributed by atoms with E-state index in [1.807, 2.05) is 0 Å². The number of fused-ring (bicyclic) bond motifs is 1. The van der Waals surface area contributed by atoms with E-state index in [4.69, 9.17) is 0 Å². The highest BCUT2D eigenvalue weighted by Crippen LogP contribution is 2.37. The fourth-order valence-corrected chi connectivity index (χ4v) is 2.46. The predicted molar refractivity (Wildman–Crippen MR) is 75.4 cm³/mol. The summed E-state index contributed by atoms with van der Waals surface area (Å²) in [5.74, 6) is -1.72. The van der Waals surface area contributed by atoms with E-state index in [0.717, 1.165) is 18.3 Å². The molecule has 1 aromatic heterocycles. The van der Waals surface area contributed by atoms with Crippen LogP contribution in [0.2, 0.25) is 0 Å². The molecule has 0 unspecified atom stereocenters. The molecule has 0 radical (unpaired) electrons. The van der Waals surface area contributed by atoms with Crippen LogP contribution in [0.1, 0.15) is 5.56 Å². The van der Waals surface area contributed by atoms with Gasteiger partial charge < -0.3 is 9.72 Å². The van der Waals surface area contributed by atoms with E-state index in [0.29, 0.717) is 6.07 Å². The molecule has 2 nitrogen and oxygen atoms in total. The maximum atomic E-state index is 14.1. The third-order valence-electron chi connectivity index (χ3n) is 3.47. The van der Waals surface area contributed by atoms with Crippen LogP contribution >= 0.6 is 0 Å². The highest BCUT2D eigenvalue weighted by molar-refractivity contribution is 5.88. The molecule has 3 aromatic rings. The molecule has 0 bridgehead atoms. The first-order valence-corrected chi connectivity index (χ1v) is 6.78. The van der Waals surface area contributed by atoms with Crippen LogP contribution in [0.4, 0.5) is 30.7 Å². The van der Waals surface area contributed by atoms with Crippen LogP contribution in [-0.2, 0) is 6.18 Å². The number of alkyl halides is 6. The quantitative estimate of drug-likeness (QED) is 0.564. The Morgan fingerprint density at radius 3 is 2.20 bits per heavy atom. The normalized spacial score (nSPS) is 12.6. The number of halogens is 7. The third kappa shape index (κ3) is 3.54. The highest BCUT2D eigenvalue weighted by Gasteiger charge is 2.33. The molecule has 0 aliphatic rings. The lowest BCUT2D eigenvalue weighted by atomic mass is 10.0. The minimum atomic E-state index is -4.95. The van der Waals surface area contributed by atoms with Crippen molar-refractivity contribution in [2.75, 3.05) is 0 Å². The van der Waals surface area contributed by atoms with Gasteiger partial charge in [0.1, 0.15) is 11.6 Å². The van der Waals surface area contributed by atoms with Gasteiger partial charge in [-0.05, 0) is 23.8 Å². The van der Waals surface area contributed by atoms with Crippen molar-refractivity contribution in [3.63, 3.8) is 0 Å². The summed E-state index contributed by atoms with van der Waals surface area (Å²) in [4.78, 5) is 2.45. The zero-order chi connectivity index (χ0) is 18.4. The van der Waals surface area contributed by atoms with Crippen LogP contribution in [0.3, 0.4) is 0 Å². The van der Waals surface area contributed by atoms with Gasteiger partial charge in [-0.3, -0.25) is 0 Å². The average Bonchev–Trinajstić information content (AvgIpc) is 2.88. The number of nitrogens with one attached hydrogen (secondary N) is 1. The summed E-state index contributed by atoms with van der Waals surface area (Å²) < 4.78 is 92.6. The maximum Gasteiger partial charge on any atom is 0.573 e. The van der Waals surface area contributed by atoms with Gasteiger partial charge in [0.2, 0.25) is 0 Å². The molecule has 0 amide bonds. The monoisotopic (exact) mass is 363 g/mol. The van der Waals surface area contributed by atoms with Crippen LogP contribution in [-0.4, -0.2) is 11.3 Å². The summed E-state index contributed by atoms with van der Waals surface area (Å²) in [6.07, 6.45) is -8.70. The number of aromatic amines is 1. The number of rotatable bonds is 2. The van der Waals surface area contributed by atoms with Crippen molar-refractivity contribution >= 4 is 10.9 Å². The molecule has 3 rings (SSSR count). The standard InChI is InChI=1S/C16H8F7NO/c17-13-6-9(25-16(21,22)23)2-4-10(13)8-1-3-11-12(15(18,19)20)7-24-14(11)5-8/h1-7,24H. The van der Waals surface area contributed by atoms with E-state index in [2.05, 4.69) is 9.72 Å². The van der Waals surface area contributed by atoms with Gasteiger partial charge >= 0.3 is 12.5 Å². The van der Waals surface area contributed by atoms with Gasteiger partial charge in [0.15, 0.2) is 0 Å². The average molecular weight is 363 g/mol. The fourth-order valence-electron chi connectivity index (χ4n) is 2.46. The Hall–Kier alpha value is -2.71. The molecule has 9 heteroatoms. The molecule has 25 heavy (non-hydrogen) atoms. The lowest BCUT2D eigenvalue weighted by molar-refractivity contribution is -0.274. The first-order valence-electron chi connectivity index (χ1n) is 6.78. The van der Waals surface area contributed by atoms with Crippen molar-refractivity contribution in [1.29, 1.82) is 0 Å². The molecule has 0 atom stereocenters. The summed E-state index contributed by atoms with van der Waals surface area (Å²) in [5, 5.41) is -0.0892. The van der Waals surface area contributed by atoms with E-state index in [1.165, 1.54) is 18.2 Å². The van der Waals surface area contributed by atoms with Gasteiger partial charge in [-0.2, -0.15) is 13.2 Å². The number of aromatic nitrogens is 1. The van der Waals surface area contributed by atoms with Crippen molar-refractivity contribution in [1.82, 2.24) is 4.98 Å². The summed E-state index contributed by atoms with van der Waals surface area (Å²) >= 11 is 0. The minimum Gasteiger partial charge on any atom is -0.406 e. The summed E-state index contributed by atoms with van der Waals surface area (Å²) in [7, 11) is 0. The van der Waals surface area contributed by atoms with Gasteiger partial charge in [-0.25, -0.2) is 4.39 Å². The van der Waals surface area contributed by atoms with Crippen molar-refractivity contribution in [2.24, 2.45) is 0 Å². The molecular formula is C16H8F7NO. The number of hydrogen-bond donors (Lipinski definition) is 1. The largest absolute Gasteiger partial charge is 0.573 e. The zero-order valence-corrected chi connectivity index (χ0v) is 12.1. The van der Waals surface area contributed by atoms with Crippen LogP contribution in [0.5, 0.6) is 5.75 Å². The molecule has 0 aliphatic heterocycles. The van der Waals surface area contributed by atoms with Gasteiger partial charge in [0, 0.05) is 28.7 Å². The second-order valence-corrected chi connectivity index (χ2v) is 5.15. The highest BCUT2D eigenvalue weighted by atomic mass is 19.4. The third-order valence-corrected chi connectivity index (χ3v) is 3.47. The molecular weight excluding hydrogens is 355 g/mol. The Morgan fingerprint density at radius 1 is 0.880 bits per heavy atom. The van der Waals surface area contributed by atoms with Crippen LogP contribution in [0.25, 0.3) is 22.0 Å². The summed E-state index contributed by atoms with van der Waals surface area (Å²) in [6, 6.07) is 6.25. The smallest absolute Gasteiger partial charge is 0.406 e. The Bertz CT molecular complexity index is 924. The Morgan fingerprint density at radius 2 is 1.60 bits per heavy atom. The molecule has 1 heterocycles. The summed E-state index contributed by atoms with van der Waals surface area (Å²) in [6.45, 7) is 0. The zero-order valence-electron chi connectivity index (χ0n) is 12.1. The van der Waals surface area contributed by atoms with E-state index in [-0.39, 0.29) is 22.0 Å². The van der Waals surface area contributed by atoms with Crippen molar-refractivity contribution in [2.45, 2.75) is 12.5 Å². The lowest BCUT2D eigenvalue weighted by Gasteiger charge is -2.10. The predicted octanol–water partition coefficient (Wildman–Crippen LogP) is 5.89.